The number of benzene rings is 1. The Labute approximate surface area is 132 Å². The van der Waals surface area contributed by atoms with Gasteiger partial charge in [0.2, 0.25) is 0 Å². The first kappa shape index (κ1) is 15.4. The monoisotopic (exact) mass is 341 g/mol. The fourth-order valence-corrected chi connectivity index (χ4v) is 4.76. The molecule has 0 amide bonds. The Bertz CT molecular complexity index is 776. The van der Waals surface area contributed by atoms with E-state index in [9.17, 15) is 12.8 Å². The molecule has 2 heterocycles. The van der Waals surface area contributed by atoms with Crippen molar-refractivity contribution in [3.8, 4) is 0 Å². The first-order valence-corrected chi connectivity index (χ1v) is 9.14. The molecule has 8 heteroatoms. The van der Waals surface area contributed by atoms with Crippen LogP contribution in [0.3, 0.4) is 0 Å². The van der Waals surface area contributed by atoms with E-state index in [2.05, 4.69) is 22.5 Å². The highest BCUT2D eigenvalue weighted by molar-refractivity contribution is 7.94. The summed E-state index contributed by atoms with van der Waals surface area (Å²) in [6, 6.07) is 9.47. The minimum Gasteiger partial charge on any atom is -0.276 e. The summed E-state index contributed by atoms with van der Waals surface area (Å²) in [7, 11) is -3.78. The highest BCUT2D eigenvalue weighted by Crippen LogP contribution is 2.31. The fourth-order valence-electron chi connectivity index (χ4n) is 2.31. The number of nitrogens with one attached hydrogen (secondary N) is 3. The summed E-state index contributed by atoms with van der Waals surface area (Å²) >= 11 is 1.19. The van der Waals surface area contributed by atoms with E-state index < -0.39 is 15.8 Å². The fraction of sp³-hybridized carbons (Fsp3) is 0.286. The molecule has 22 heavy (non-hydrogen) atoms. The van der Waals surface area contributed by atoms with Gasteiger partial charge in [-0.1, -0.05) is 12.1 Å². The molecule has 1 saturated heterocycles. The molecule has 0 bridgehead atoms. The van der Waals surface area contributed by atoms with Crippen LogP contribution in [-0.2, 0) is 10.0 Å². The van der Waals surface area contributed by atoms with Gasteiger partial charge in [0, 0.05) is 10.9 Å². The minimum absolute atomic E-state index is 0.0493. The third kappa shape index (κ3) is 3.14. The van der Waals surface area contributed by atoms with Crippen LogP contribution in [-0.4, -0.2) is 14.5 Å². The molecule has 2 unspecified atom stereocenters. The van der Waals surface area contributed by atoms with Crippen molar-refractivity contribution in [1.82, 2.24) is 10.9 Å². The van der Waals surface area contributed by atoms with Crippen LogP contribution in [0.4, 0.5) is 10.1 Å². The second-order valence-corrected chi connectivity index (χ2v) is 8.24. The van der Waals surface area contributed by atoms with Gasteiger partial charge >= 0.3 is 0 Å². The van der Waals surface area contributed by atoms with Gasteiger partial charge in [-0.15, -0.1) is 11.3 Å². The smallest absolute Gasteiger partial charge is 0.271 e. The number of hydrogen-bond acceptors (Lipinski definition) is 5. The van der Waals surface area contributed by atoms with Gasteiger partial charge in [-0.2, -0.15) is 0 Å². The SMILES string of the molecule is CC1CC(c2ccc(S(=O)(=O)Nc3ccccc3F)s2)NN1. The van der Waals surface area contributed by atoms with Crippen LogP contribution >= 0.6 is 11.3 Å². The molecule has 5 nitrogen and oxygen atoms in total. The molecule has 0 spiro atoms. The molecule has 1 fully saturated rings. The van der Waals surface area contributed by atoms with Gasteiger partial charge in [0.05, 0.1) is 11.7 Å². The van der Waals surface area contributed by atoms with Crippen LogP contribution < -0.4 is 15.6 Å². The van der Waals surface area contributed by atoms with Crippen LogP contribution in [0.2, 0.25) is 0 Å². The molecule has 0 saturated carbocycles. The number of para-hydroxylation sites is 1. The normalized spacial score (nSPS) is 21.9. The zero-order valence-electron chi connectivity index (χ0n) is 11.8. The van der Waals surface area contributed by atoms with Crippen molar-refractivity contribution in [3.05, 3.63) is 47.1 Å². The van der Waals surface area contributed by atoms with E-state index in [0.717, 1.165) is 11.3 Å². The quantitative estimate of drug-likeness (QED) is 0.799. The van der Waals surface area contributed by atoms with E-state index in [4.69, 9.17) is 0 Å². The summed E-state index contributed by atoms with van der Waals surface area (Å²) < 4.78 is 40.7. The number of hydrazine groups is 1. The predicted molar refractivity (Wildman–Crippen MR) is 84.6 cm³/mol. The highest BCUT2D eigenvalue weighted by atomic mass is 32.2. The van der Waals surface area contributed by atoms with E-state index in [1.54, 1.807) is 18.2 Å². The number of halogens is 1. The number of anilines is 1. The molecular weight excluding hydrogens is 325 g/mol. The van der Waals surface area contributed by atoms with Gasteiger partial charge in [-0.25, -0.2) is 18.2 Å². The molecule has 0 radical (unpaired) electrons. The van der Waals surface area contributed by atoms with Gasteiger partial charge in [0.15, 0.2) is 0 Å². The molecule has 1 aliphatic heterocycles. The zero-order chi connectivity index (χ0) is 15.7. The van der Waals surface area contributed by atoms with Crippen molar-refractivity contribution in [2.45, 2.75) is 29.6 Å². The first-order valence-electron chi connectivity index (χ1n) is 6.84. The lowest BCUT2D eigenvalue weighted by atomic mass is 10.1. The van der Waals surface area contributed by atoms with Crippen molar-refractivity contribution < 1.29 is 12.8 Å². The number of thiophene rings is 1. The molecule has 1 aliphatic rings. The summed E-state index contributed by atoms with van der Waals surface area (Å²) in [6.07, 6.45) is 0.890. The van der Waals surface area contributed by atoms with Crippen LogP contribution in [0.15, 0.2) is 40.6 Å². The van der Waals surface area contributed by atoms with Gasteiger partial charge in [0.25, 0.3) is 10.0 Å². The average molecular weight is 341 g/mol. The summed E-state index contributed by atoms with van der Waals surface area (Å²) in [5, 5.41) is 0. The Morgan fingerprint density at radius 3 is 2.68 bits per heavy atom. The van der Waals surface area contributed by atoms with Crippen LogP contribution in [0.1, 0.15) is 24.3 Å². The van der Waals surface area contributed by atoms with Crippen molar-refractivity contribution in [3.63, 3.8) is 0 Å². The summed E-state index contributed by atoms with van der Waals surface area (Å²) in [6.45, 7) is 2.05. The Morgan fingerprint density at radius 2 is 2.00 bits per heavy atom. The van der Waals surface area contributed by atoms with E-state index >= 15 is 0 Å². The lowest BCUT2D eigenvalue weighted by molar-refractivity contribution is 0.564. The standard InChI is InChI=1S/C14H16FN3O2S2/c1-9-8-12(17-16-9)13-6-7-14(21-13)22(19,20)18-11-5-3-2-4-10(11)15/h2-7,9,12,16-18H,8H2,1H3. The van der Waals surface area contributed by atoms with Gasteiger partial charge in [-0.05, 0) is 37.6 Å². The Morgan fingerprint density at radius 1 is 1.23 bits per heavy atom. The summed E-state index contributed by atoms with van der Waals surface area (Å²) in [5.74, 6) is -0.599. The van der Waals surface area contributed by atoms with Crippen molar-refractivity contribution >= 4 is 27.0 Å². The Balaban J connectivity index is 1.81. The number of hydrogen-bond donors (Lipinski definition) is 3. The molecule has 1 aromatic heterocycles. The molecule has 1 aromatic carbocycles. The maximum absolute atomic E-state index is 13.6. The first-order chi connectivity index (χ1) is 10.5. The maximum Gasteiger partial charge on any atom is 0.271 e. The van der Waals surface area contributed by atoms with Crippen LogP contribution in [0.5, 0.6) is 0 Å². The van der Waals surface area contributed by atoms with E-state index in [1.807, 2.05) is 0 Å². The van der Waals surface area contributed by atoms with Gasteiger partial charge < -0.3 is 0 Å². The van der Waals surface area contributed by atoms with Crippen molar-refractivity contribution in [1.29, 1.82) is 0 Å². The second kappa shape index (κ2) is 5.96. The second-order valence-electron chi connectivity index (χ2n) is 5.22. The van der Waals surface area contributed by atoms with Crippen LogP contribution in [0.25, 0.3) is 0 Å². The number of sulfonamides is 1. The van der Waals surface area contributed by atoms with Crippen molar-refractivity contribution in [2.24, 2.45) is 0 Å². The predicted octanol–water partition coefficient (Wildman–Crippen LogP) is 2.62. The van der Waals surface area contributed by atoms with Gasteiger partial charge in [0.1, 0.15) is 10.0 Å². The molecule has 118 valence electrons. The van der Waals surface area contributed by atoms with E-state index in [-0.39, 0.29) is 15.9 Å². The maximum atomic E-state index is 13.6. The Kier molecular flexibility index (Phi) is 4.18. The molecule has 2 aromatic rings. The third-order valence-corrected chi connectivity index (χ3v) is 6.48. The van der Waals surface area contributed by atoms with Crippen molar-refractivity contribution in [2.75, 3.05) is 4.72 Å². The van der Waals surface area contributed by atoms with E-state index in [1.165, 1.54) is 29.5 Å². The number of rotatable bonds is 4. The minimum atomic E-state index is -3.78. The van der Waals surface area contributed by atoms with Crippen LogP contribution in [0, 0.1) is 5.82 Å². The largest absolute Gasteiger partial charge is 0.276 e. The lowest BCUT2D eigenvalue weighted by Crippen LogP contribution is -2.28. The molecule has 3 rings (SSSR count). The van der Waals surface area contributed by atoms with E-state index in [0.29, 0.717) is 6.04 Å². The topological polar surface area (TPSA) is 70.2 Å². The molecule has 3 N–H and O–H groups in total. The summed E-state index contributed by atoms with van der Waals surface area (Å²) in [5.41, 5.74) is 6.19. The van der Waals surface area contributed by atoms with Gasteiger partial charge in [-0.3, -0.25) is 10.1 Å². The average Bonchev–Trinajstić information content (AvgIpc) is 3.10. The Hall–Kier alpha value is -1.48. The third-order valence-electron chi connectivity index (χ3n) is 3.42. The molecule has 0 aliphatic carbocycles. The highest BCUT2D eigenvalue weighted by Gasteiger charge is 2.25. The molecule has 2 atom stereocenters. The lowest BCUT2D eigenvalue weighted by Gasteiger charge is -2.07. The summed E-state index contributed by atoms with van der Waals surface area (Å²) in [4.78, 5) is 0.936. The molecular formula is C14H16FN3O2S2. The zero-order valence-corrected chi connectivity index (χ0v) is 13.5.